The molecule has 0 spiro atoms. The van der Waals surface area contributed by atoms with E-state index in [9.17, 15) is 4.79 Å². The van der Waals surface area contributed by atoms with Crippen LogP contribution in [0.5, 0.6) is 0 Å². The van der Waals surface area contributed by atoms with Gasteiger partial charge in [-0.15, -0.1) is 0 Å². The molecule has 4 nitrogen and oxygen atoms in total. The molecule has 0 saturated heterocycles. The number of carbonyl (C=O) groups excluding carboxylic acids is 1. The molecule has 88 valence electrons. The van der Waals surface area contributed by atoms with Gasteiger partial charge in [-0.25, -0.2) is 4.98 Å². The van der Waals surface area contributed by atoms with Gasteiger partial charge in [0.1, 0.15) is 11.8 Å². The van der Waals surface area contributed by atoms with E-state index in [-0.39, 0.29) is 11.6 Å². The molecule has 0 aliphatic heterocycles. The monoisotopic (exact) mass is 301 g/mol. The quantitative estimate of drug-likeness (QED) is 0.927. The number of benzene rings is 1. The molecule has 1 N–H and O–H groups in total. The number of hydrogen-bond acceptors (Lipinski definition) is 3. The second-order valence-electron chi connectivity index (χ2n) is 3.48. The van der Waals surface area contributed by atoms with Crippen LogP contribution in [-0.4, -0.2) is 10.9 Å². The number of nitrogens with zero attached hydrogens (tertiary/aromatic N) is 2. The number of amides is 1. The van der Waals surface area contributed by atoms with Crippen molar-refractivity contribution in [1.29, 1.82) is 5.26 Å². The number of pyridine rings is 1. The summed E-state index contributed by atoms with van der Waals surface area (Å²) in [5, 5.41) is 11.5. The Labute approximate surface area is 112 Å². The number of nitrogens with one attached hydrogen (secondary N) is 1. The van der Waals surface area contributed by atoms with Gasteiger partial charge in [0.25, 0.3) is 5.91 Å². The zero-order valence-corrected chi connectivity index (χ0v) is 10.8. The minimum Gasteiger partial charge on any atom is -0.321 e. The highest BCUT2D eigenvalue weighted by atomic mass is 79.9. The Bertz CT molecular complexity index is 634. The van der Waals surface area contributed by atoms with E-state index in [1.54, 1.807) is 12.1 Å². The van der Waals surface area contributed by atoms with Crippen LogP contribution in [0.2, 0.25) is 0 Å². The van der Waals surface area contributed by atoms with Crippen LogP contribution in [0, 0.1) is 11.3 Å². The minimum atomic E-state index is -0.277. The van der Waals surface area contributed by atoms with Gasteiger partial charge in [0.15, 0.2) is 0 Å². The third kappa shape index (κ3) is 2.73. The molecular formula is C13H8BrN3O. The summed E-state index contributed by atoms with van der Waals surface area (Å²) in [5.41, 5.74) is 1.30. The number of aromatic nitrogens is 1. The lowest BCUT2D eigenvalue weighted by atomic mass is 10.2. The van der Waals surface area contributed by atoms with Crippen molar-refractivity contribution in [3.8, 4) is 6.07 Å². The predicted octanol–water partition coefficient (Wildman–Crippen LogP) is 2.97. The highest BCUT2D eigenvalue weighted by molar-refractivity contribution is 9.10. The van der Waals surface area contributed by atoms with Gasteiger partial charge >= 0.3 is 0 Å². The molecule has 2 rings (SSSR count). The van der Waals surface area contributed by atoms with Gasteiger partial charge in [-0.05, 0) is 40.2 Å². The Kier molecular flexibility index (Phi) is 3.70. The molecule has 0 unspecified atom stereocenters. The topological polar surface area (TPSA) is 65.8 Å². The highest BCUT2D eigenvalue weighted by Gasteiger charge is 2.08. The fraction of sp³-hybridized carbons (Fsp3) is 0. The Morgan fingerprint density at radius 3 is 2.83 bits per heavy atom. The number of nitriles is 1. The van der Waals surface area contributed by atoms with Crippen molar-refractivity contribution in [3.05, 3.63) is 58.3 Å². The maximum atomic E-state index is 12.0. The van der Waals surface area contributed by atoms with Gasteiger partial charge in [0, 0.05) is 16.2 Å². The van der Waals surface area contributed by atoms with Crippen LogP contribution in [0.4, 0.5) is 5.69 Å². The third-order valence-corrected chi connectivity index (χ3v) is 2.95. The molecule has 1 aromatic carbocycles. The zero-order valence-electron chi connectivity index (χ0n) is 9.22. The molecule has 0 bridgehead atoms. The third-order valence-electron chi connectivity index (χ3n) is 2.26. The maximum absolute atomic E-state index is 12.0. The molecule has 1 aromatic heterocycles. The van der Waals surface area contributed by atoms with Gasteiger partial charge in [0.2, 0.25) is 0 Å². The lowest BCUT2D eigenvalue weighted by molar-refractivity contribution is 0.102. The number of rotatable bonds is 2. The van der Waals surface area contributed by atoms with E-state index in [1.807, 2.05) is 24.3 Å². The fourth-order valence-corrected chi connectivity index (χ4v) is 1.77. The van der Waals surface area contributed by atoms with Crippen molar-refractivity contribution in [3.63, 3.8) is 0 Å². The smallest absolute Gasteiger partial charge is 0.255 e. The number of anilines is 1. The van der Waals surface area contributed by atoms with E-state index in [2.05, 4.69) is 26.2 Å². The minimum absolute atomic E-state index is 0.217. The summed E-state index contributed by atoms with van der Waals surface area (Å²) in [6.07, 6.45) is 1.44. The second kappa shape index (κ2) is 5.43. The van der Waals surface area contributed by atoms with Crippen molar-refractivity contribution < 1.29 is 4.79 Å². The van der Waals surface area contributed by atoms with Crippen molar-refractivity contribution in [2.75, 3.05) is 5.32 Å². The Morgan fingerprint density at radius 1 is 1.33 bits per heavy atom. The molecule has 0 saturated carbocycles. The number of halogens is 1. The molecule has 2 aromatic rings. The molecule has 18 heavy (non-hydrogen) atoms. The summed E-state index contributed by atoms with van der Waals surface area (Å²) in [6.45, 7) is 0. The van der Waals surface area contributed by atoms with E-state index in [4.69, 9.17) is 5.26 Å². The molecule has 1 heterocycles. The van der Waals surface area contributed by atoms with E-state index in [1.165, 1.54) is 12.3 Å². The summed E-state index contributed by atoms with van der Waals surface area (Å²) < 4.78 is 0.799. The summed E-state index contributed by atoms with van der Waals surface area (Å²) >= 11 is 3.35. The fourth-order valence-electron chi connectivity index (χ4n) is 1.39. The molecule has 0 aliphatic rings. The first-order chi connectivity index (χ1) is 8.70. The number of hydrogen-bond donors (Lipinski definition) is 1. The SMILES string of the molecule is N#Cc1cc(C(=O)Nc2ccccc2Br)ccn1. The van der Waals surface area contributed by atoms with E-state index in [0.29, 0.717) is 11.3 Å². The molecule has 1 amide bonds. The Morgan fingerprint density at radius 2 is 2.11 bits per heavy atom. The molecule has 0 fully saturated rings. The first-order valence-corrected chi connectivity index (χ1v) is 5.92. The molecule has 5 heteroatoms. The first kappa shape index (κ1) is 12.3. The molecule has 0 atom stereocenters. The van der Waals surface area contributed by atoms with Crippen molar-refractivity contribution in [2.45, 2.75) is 0 Å². The number of para-hydroxylation sites is 1. The largest absolute Gasteiger partial charge is 0.321 e. The van der Waals surface area contributed by atoms with Crippen molar-refractivity contribution >= 4 is 27.5 Å². The normalized spacial score (nSPS) is 9.56. The second-order valence-corrected chi connectivity index (χ2v) is 4.33. The van der Waals surface area contributed by atoms with Crippen LogP contribution in [-0.2, 0) is 0 Å². The first-order valence-electron chi connectivity index (χ1n) is 5.13. The summed E-state index contributed by atoms with van der Waals surface area (Å²) in [5.74, 6) is -0.277. The van der Waals surface area contributed by atoms with Gasteiger partial charge < -0.3 is 5.32 Å². The maximum Gasteiger partial charge on any atom is 0.255 e. The Hall–Kier alpha value is -2.19. The van der Waals surface area contributed by atoms with Crippen LogP contribution in [0.3, 0.4) is 0 Å². The van der Waals surface area contributed by atoms with Crippen molar-refractivity contribution in [2.24, 2.45) is 0 Å². The van der Waals surface area contributed by atoms with Gasteiger partial charge in [0.05, 0.1) is 5.69 Å². The van der Waals surface area contributed by atoms with Gasteiger partial charge in [-0.2, -0.15) is 5.26 Å². The van der Waals surface area contributed by atoms with Crippen LogP contribution in [0.25, 0.3) is 0 Å². The van der Waals surface area contributed by atoms with Crippen LogP contribution in [0.15, 0.2) is 47.1 Å². The van der Waals surface area contributed by atoms with Crippen molar-refractivity contribution in [1.82, 2.24) is 4.98 Å². The van der Waals surface area contributed by atoms with Crippen LogP contribution in [0.1, 0.15) is 16.1 Å². The lowest BCUT2D eigenvalue weighted by Gasteiger charge is -2.06. The van der Waals surface area contributed by atoms with E-state index in [0.717, 1.165) is 4.47 Å². The standard InChI is InChI=1S/C13H8BrN3O/c14-11-3-1-2-4-12(11)17-13(18)9-5-6-16-10(7-9)8-15/h1-7H,(H,17,18). The zero-order chi connectivity index (χ0) is 13.0. The van der Waals surface area contributed by atoms with Crippen LogP contribution >= 0.6 is 15.9 Å². The van der Waals surface area contributed by atoms with Gasteiger partial charge in [-0.1, -0.05) is 12.1 Å². The Balaban J connectivity index is 2.23. The van der Waals surface area contributed by atoms with E-state index < -0.39 is 0 Å². The predicted molar refractivity (Wildman–Crippen MR) is 71.0 cm³/mol. The average Bonchev–Trinajstić information content (AvgIpc) is 2.41. The molecule has 0 radical (unpaired) electrons. The molecular weight excluding hydrogens is 294 g/mol. The average molecular weight is 302 g/mol. The lowest BCUT2D eigenvalue weighted by Crippen LogP contribution is -2.12. The van der Waals surface area contributed by atoms with Crippen LogP contribution < -0.4 is 5.32 Å². The number of carbonyl (C=O) groups is 1. The highest BCUT2D eigenvalue weighted by Crippen LogP contribution is 2.21. The summed E-state index contributed by atoms with van der Waals surface area (Å²) in [4.78, 5) is 15.8. The van der Waals surface area contributed by atoms with Gasteiger partial charge in [-0.3, -0.25) is 4.79 Å². The summed E-state index contributed by atoms with van der Waals surface area (Å²) in [7, 11) is 0. The molecule has 0 aliphatic carbocycles. The summed E-state index contributed by atoms with van der Waals surface area (Å²) in [6, 6.07) is 12.2. The van der Waals surface area contributed by atoms with E-state index >= 15 is 0 Å².